The highest BCUT2D eigenvalue weighted by atomic mass is 32.1. The van der Waals surface area contributed by atoms with Gasteiger partial charge in [-0.2, -0.15) is 0 Å². The van der Waals surface area contributed by atoms with Gasteiger partial charge in [-0.25, -0.2) is 9.37 Å². The van der Waals surface area contributed by atoms with Crippen LogP contribution in [0.1, 0.15) is 34.3 Å². The lowest BCUT2D eigenvalue weighted by Gasteiger charge is -2.15. The molecule has 1 aromatic heterocycles. The molecule has 0 fully saturated rings. The van der Waals surface area contributed by atoms with Gasteiger partial charge in [0, 0.05) is 13.6 Å². The zero-order valence-electron chi connectivity index (χ0n) is 11.6. The Labute approximate surface area is 122 Å². The van der Waals surface area contributed by atoms with Crippen LogP contribution in [-0.2, 0) is 13.0 Å². The van der Waals surface area contributed by atoms with Crippen molar-refractivity contribution in [3.63, 3.8) is 0 Å². The van der Waals surface area contributed by atoms with Crippen molar-refractivity contribution < 1.29 is 9.18 Å². The number of nitrogens with zero attached hydrogens (tertiary/aromatic N) is 2. The maximum Gasteiger partial charge on any atom is 0.186 e. The summed E-state index contributed by atoms with van der Waals surface area (Å²) in [4.78, 5) is 18.2. The molecule has 1 aromatic carbocycles. The second kappa shape index (κ2) is 6.61. The Hall–Kier alpha value is -1.75. The smallest absolute Gasteiger partial charge is 0.186 e. The molecule has 0 atom stereocenters. The summed E-state index contributed by atoms with van der Waals surface area (Å²) in [5.41, 5.74) is 1.88. The number of rotatable bonds is 6. The number of hydrogen-bond acceptors (Lipinski definition) is 4. The van der Waals surface area contributed by atoms with E-state index in [1.165, 1.54) is 23.5 Å². The summed E-state index contributed by atoms with van der Waals surface area (Å²) in [6.07, 6.45) is 2.65. The van der Waals surface area contributed by atoms with E-state index in [9.17, 15) is 9.18 Å². The molecule has 0 saturated heterocycles. The summed E-state index contributed by atoms with van der Waals surface area (Å²) in [5.74, 6) is -0.237. The Morgan fingerprint density at radius 3 is 2.65 bits per heavy atom. The standard InChI is InChI=1S/C15H17FN2OS/c1-3-4-13-14(10-19)20-15(17-13)18(2)9-11-5-7-12(16)8-6-11/h5-8,10H,3-4,9H2,1-2H3. The summed E-state index contributed by atoms with van der Waals surface area (Å²) >= 11 is 1.40. The van der Waals surface area contributed by atoms with Gasteiger partial charge in [-0.3, -0.25) is 4.79 Å². The number of aldehydes is 1. The third kappa shape index (κ3) is 3.42. The van der Waals surface area contributed by atoms with Crippen LogP contribution in [-0.4, -0.2) is 18.3 Å². The number of thiazole rings is 1. The lowest BCUT2D eigenvalue weighted by Crippen LogP contribution is -2.16. The molecule has 2 rings (SSSR count). The molecule has 106 valence electrons. The normalized spacial score (nSPS) is 10.6. The number of carbonyl (C=O) groups excluding carboxylic acids is 1. The molecule has 0 aliphatic carbocycles. The molecule has 0 spiro atoms. The molecule has 0 bridgehead atoms. The molecule has 2 aromatic rings. The molecule has 20 heavy (non-hydrogen) atoms. The summed E-state index contributed by atoms with van der Waals surface area (Å²) in [6.45, 7) is 2.70. The number of aromatic nitrogens is 1. The lowest BCUT2D eigenvalue weighted by molar-refractivity contribution is 0.112. The van der Waals surface area contributed by atoms with Gasteiger partial charge < -0.3 is 4.90 Å². The fraction of sp³-hybridized carbons (Fsp3) is 0.333. The molecule has 0 N–H and O–H groups in total. The van der Waals surface area contributed by atoms with Crippen molar-refractivity contribution in [2.75, 3.05) is 11.9 Å². The Morgan fingerprint density at radius 2 is 2.05 bits per heavy atom. The number of carbonyl (C=O) groups is 1. The van der Waals surface area contributed by atoms with Crippen LogP contribution < -0.4 is 4.90 Å². The Balaban J connectivity index is 2.14. The predicted molar refractivity (Wildman–Crippen MR) is 80.0 cm³/mol. The van der Waals surface area contributed by atoms with Crippen LogP contribution >= 0.6 is 11.3 Å². The molecule has 0 saturated carbocycles. The summed E-state index contributed by atoms with van der Waals surface area (Å²) in [5, 5.41) is 0.819. The minimum atomic E-state index is -0.237. The van der Waals surface area contributed by atoms with Gasteiger partial charge >= 0.3 is 0 Å². The fourth-order valence-corrected chi connectivity index (χ4v) is 2.84. The average Bonchev–Trinajstić information content (AvgIpc) is 2.85. The molecule has 3 nitrogen and oxygen atoms in total. The zero-order chi connectivity index (χ0) is 14.5. The number of halogens is 1. The van der Waals surface area contributed by atoms with Crippen LogP contribution in [0.2, 0.25) is 0 Å². The first-order valence-electron chi connectivity index (χ1n) is 6.54. The van der Waals surface area contributed by atoms with Crippen molar-refractivity contribution in [2.45, 2.75) is 26.3 Å². The van der Waals surface area contributed by atoms with Crippen LogP contribution in [0.3, 0.4) is 0 Å². The van der Waals surface area contributed by atoms with Crippen LogP contribution in [0, 0.1) is 5.82 Å². The van der Waals surface area contributed by atoms with Gasteiger partial charge in [-0.1, -0.05) is 36.8 Å². The van der Waals surface area contributed by atoms with E-state index in [1.54, 1.807) is 12.1 Å². The predicted octanol–water partition coefficient (Wildman–Crippen LogP) is 3.68. The van der Waals surface area contributed by atoms with Gasteiger partial charge in [0.1, 0.15) is 5.82 Å². The van der Waals surface area contributed by atoms with E-state index < -0.39 is 0 Å². The number of anilines is 1. The molecule has 0 radical (unpaired) electrons. The first kappa shape index (κ1) is 14.7. The first-order valence-corrected chi connectivity index (χ1v) is 7.36. The molecule has 0 unspecified atom stereocenters. The third-order valence-electron chi connectivity index (χ3n) is 2.97. The monoisotopic (exact) mass is 292 g/mol. The topological polar surface area (TPSA) is 33.2 Å². The first-order chi connectivity index (χ1) is 9.63. The molecule has 1 heterocycles. The SMILES string of the molecule is CCCc1nc(N(C)Cc2ccc(F)cc2)sc1C=O. The lowest BCUT2D eigenvalue weighted by atomic mass is 10.2. The molecule has 0 aliphatic rings. The van der Waals surface area contributed by atoms with E-state index in [1.807, 2.05) is 11.9 Å². The summed E-state index contributed by atoms with van der Waals surface area (Å²) < 4.78 is 12.9. The van der Waals surface area contributed by atoms with E-state index in [0.29, 0.717) is 11.4 Å². The highest BCUT2D eigenvalue weighted by Gasteiger charge is 2.13. The highest BCUT2D eigenvalue weighted by Crippen LogP contribution is 2.26. The van der Waals surface area contributed by atoms with Crippen LogP contribution in [0.15, 0.2) is 24.3 Å². The maximum atomic E-state index is 12.9. The van der Waals surface area contributed by atoms with Crippen molar-refractivity contribution in [3.05, 3.63) is 46.2 Å². The van der Waals surface area contributed by atoms with Gasteiger partial charge in [0.05, 0.1) is 10.6 Å². The van der Waals surface area contributed by atoms with Gasteiger partial charge in [0.25, 0.3) is 0 Å². The summed E-state index contributed by atoms with van der Waals surface area (Å²) in [6, 6.07) is 6.41. The zero-order valence-corrected chi connectivity index (χ0v) is 12.4. The van der Waals surface area contributed by atoms with E-state index >= 15 is 0 Å². The van der Waals surface area contributed by atoms with E-state index in [2.05, 4.69) is 11.9 Å². The second-order valence-electron chi connectivity index (χ2n) is 4.66. The van der Waals surface area contributed by atoms with E-state index in [-0.39, 0.29) is 5.82 Å². The van der Waals surface area contributed by atoms with Crippen molar-refractivity contribution in [3.8, 4) is 0 Å². The van der Waals surface area contributed by atoms with Gasteiger partial charge in [0.2, 0.25) is 0 Å². The average molecular weight is 292 g/mol. The number of hydrogen-bond donors (Lipinski definition) is 0. The third-order valence-corrected chi connectivity index (χ3v) is 4.11. The minimum absolute atomic E-state index is 0.237. The molecule has 5 heteroatoms. The summed E-state index contributed by atoms with van der Waals surface area (Å²) in [7, 11) is 1.92. The fourth-order valence-electron chi connectivity index (χ4n) is 1.95. The van der Waals surface area contributed by atoms with Crippen molar-refractivity contribution in [2.24, 2.45) is 0 Å². The minimum Gasteiger partial charge on any atom is -0.347 e. The number of aryl methyl sites for hydroxylation is 1. The van der Waals surface area contributed by atoms with E-state index in [4.69, 9.17) is 0 Å². The maximum absolute atomic E-state index is 12.9. The van der Waals surface area contributed by atoms with Crippen LogP contribution in [0.4, 0.5) is 9.52 Å². The van der Waals surface area contributed by atoms with Crippen molar-refractivity contribution in [1.82, 2.24) is 4.98 Å². The molecular weight excluding hydrogens is 275 g/mol. The highest BCUT2D eigenvalue weighted by molar-refractivity contribution is 7.17. The van der Waals surface area contributed by atoms with Crippen LogP contribution in [0.5, 0.6) is 0 Å². The quantitative estimate of drug-likeness (QED) is 0.761. The van der Waals surface area contributed by atoms with Crippen molar-refractivity contribution >= 4 is 22.8 Å². The van der Waals surface area contributed by atoms with Crippen LogP contribution in [0.25, 0.3) is 0 Å². The van der Waals surface area contributed by atoms with Gasteiger partial charge in [0.15, 0.2) is 11.4 Å². The largest absolute Gasteiger partial charge is 0.347 e. The van der Waals surface area contributed by atoms with Gasteiger partial charge in [-0.05, 0) is 24.1 Å². The van der Waals surface area contributed by atoms with Gasteiger partial charge in [-0.15, -0.1) is 0 Å². The number of benzene rings is 1. The Bertz CT molecular complexity index is 580. The second-order valence-corrected chi connectivity index (χ2v) is 5.67. The molecular formula is C15H17FN2OS. The Morgan fingerprint density at radius 1 is 1.35 bits per heavy atom. The Kier molecular flexibility index (Phi) is 4.84. The molecule has 0 aliphatic heterocycles. The molecule has 0 amide bonds. The van der Waals surface area contributed by atoms with E-state index in [0.717, 1.165) is 35.5 Å². The van der Waals surface area contributed by atoms with Crippen molar-refractivity contribution in [1.29, 1.82) is 0 Å².